The van der Waals surface area contributed by atoms with E-state index in [2.05, 4.69) is 31.1 Å². The minimum Gasteiger partial charge on any atom is -0.379 e. The second kappa shape index (κ2) is 9.76. The number of hydrogen-bond donors (Lipinski definition) is 1. The molecule has 3 nitrogen and oxygen atoms in total. The van der Waals surface area contributed by atoms with Crippen molar-refractivity contribution in [3.8, 4) is 0 Å². The highest BCUT2D eigenvalue weighted by molar-refractivity contribution is 4.70. The Morgan fingerprint density at radius 2 is 1.94 bits per heavy atom. The van der Waals surface area contributed by atoms with Crippen molar-refractivity contribution in [2.24, 2.45) is 5.92 Å². The van der Waals surface area contributed by atoms with Gasteiger partial charge in [0.1, 0.15) is 0 Å². The maximum Gasteiger partial charge on any atom is 0.0518 e. The molecular formula is C15H32N2O. The molecule has 0 aromatic carbocycles. The number of likely N-dealkylation sites (N-methyl/N-ethyl adjacent to an activating group) is 1. The first-order chi connectivity index (χ1) is 8.68. The molecule has 0 radical (unpaired) electrons. The fourth-order valence-corrected chi connectivity index (χ4v) is 2.64. The van der Waals surface area contributed by atoms with E-state index in [9.17, 15) is 0 Å². The van der Waals surface area contributed by atoms with Gasteiger partial charge in [-0.15, -0.1) is 0 Å². The molecule has 0 aromatic heterocycles. The molecule has 1 rings (SSSR count). The quantitative estimate of drug-likeness (QED) is 0.608. The van der Waals surface area contributed by atoms with Gasteiger partial charge in [0.25, 0.3) is 0 Å². The molecule has 108 valence electrons. The van der Waals surface area contributed by atoms with Crippen LogP contribution in [0.25, 0.3) is 0 Å². The van der Waals surface area contributed by atoms with E-state index >= 15 is 0 Å². The number of nitrogens with one attached hydrogen (secondary N) is 1. The van der Waals surface area contributed by atoms with Crippen LogP contribution in [0, 0.1) is 5.92 Å². The van der Waals surface area contributed by atoms with E-state index in [-0.39, 0.29) is 0 Å². The Morgan fingerprint density at radius 3 is 2.61 bits per heavy atom. The lowest BCUT2D eigenvalue weighted by Crippen LogP contribution is -2.32. The Bertz CT molecular complexity index is 191. The van der Waals surface area contributed by atoms with Crippen molar-refractivity contribution >= 4 is 0 Å². The smallest absolute Gasteiger partial charge is 0.0518 e. The average Bonchev–Trinajstić information content (AvgIpc) is 2.80. The van der Waals surface area contributed by atoms with Gasteiger partial charge < -0.3 is 15.0 Å². The van der Waals surface area contributed by atoms with Crippen LogP contribution in [0.4, 0.5) is 0 Å². The fourth-order valence-electron chi connectivity index (χ4n) is 2.64. The zero-order chi connectivity index (χ0) is 13.2. The molecular weight excluding hydrogens is 224 g/mol. The van der Waals surface area contributed by atoms with Crippen LogP contribution in [0.2, 0.25) is 0 Å². The molecule has 0 spiro atoms. The van der Waals surface area contributed by atoms with Crippen molar-refractivity contribution in [2.75, 3.05) is 39.8 Å². The van der Waals surface area contributed by atoms with Crippen LogP contribution in [-0.2, 0) is 4.74 Å². The zero-order valence-electron chi connectivity index (χ0n) is 12.6. The molecule has 1 saturated carbocycles. The first-order valence-electron chi connectivity index (χ1n) is 7.69. The second-order valence-electron chi connectivity index (χ2n) is 5.94. The van der Waals surface area contributed by atoms with Crippen molar-refractivity contribution in [3.63, 3.8) is 0 Å². The topological polar surface area (TPSA) is 24.5 Å². The normalized spacial score (nSPS) is 17.2. The molecule has 0 atom stereocenters. The predicted octanol–water partition coefficient (Wildman–Crippen LogP) is 2.51. The van der Waals surface area contributed by atoms with Gasteiger partial charge in [-0.3, -0.25) is 0 Å². The first kappa shape index (κ1) is 15.9. The van der Waals surface area contributed by atoms with Crippen molar-refractivity contribution < 1.29 is 4.74 Å². The summed E-state index contributed by atoms with van der Waals surface area (Å²) < 4.78 is 5.51. The van der Waals surface area contributed by atoms with E-state index in [1.807, 2.05) is 0 Å². The highest BCUT2D eigenvalue weighted by atomic mass is 16.5. The Balaban J connectivity index is 1.84. The van der Waals surface area contributed by atoms with E-state index in [0.29, 0.717) is 6.10 Å². The fraction of sp³-hybridized carbons (Fsp3) is 1.00. The van der Waals surface area contributed by atoms with Gasteiger partial charge in [-0.25, -0.2) is 0 Å². The standard InChI is InChI=1S/C15H32N2O/c1-14(2)18-12-6-9-16-10-11-17(3)13-15-7-4-5-8-15/h14-16H,4-13H2,1-3H3. The molecule has 18 heavy (non-hydrogen) atoms. The summed E-state index contributed by atoms with van der Waals surface area (Å²) in [5.74, 6) is 0.967. The monoisotopic (exact) mass is 256 g/mol. The van der Waals surface area contributed by atoms with Crippen LogP contribution in [0.1, 0.15) is 46.0 Å². The van der Waals surface area contributed by atoms with E-state index in [0.717, 1.165) is 32.0 Å². The van der Waals surface area contributed by atoms with Gasteiger partial charge in [0.2, 0.25) is 0 Å². The Hall–Kier alpha value is -0.120. The third-order valence-corrected chi connectivity index (χ3v) is 3.66. The summed E-state index contributed by atoms with van der Waals surface area (Å²) in [5, 5.41) is 3.49. The molecule has 1 N–H and O–H groups in total. The highest BCUT2D eigenvalue weighted by Gasteiger charge is 2.16. The third kappa shape index (κ3) is 8.06. The van der Waals surface area contributed by atoms with Crippen molar-refractivity contribution in [1.29, 1.82) is 0 Å². The molecule has 0 aromatic rings. The van der Waals surface area contributed by atoms with Crippen LogP contribution in [0.3, 0.4) is 0 Å². The summed E-state index contributed by atoms with van der Waals surface area (Å²) >= 11 is 0. The second-order valence-corrected chi connectivity index (χ2v) is 5.94. The summed E-state index contributed by atoms with van der Waals surface area (Å²) in [6.45, 7) is 9.69. The van der Waals surface area contributed by atoms with Gasteiger partial charge in [-0.2, -0.15) is 0 Å². The number of ether oxygens (including phenoxy) is 1. The molecule has 0 heterocycles. The number of hydrogen-bond acceptors (Lipinski definition) is 3. The number of nitrogens with zero attached hydrogens (tertiary/aromatic N) is 1. The minimum atomic E-state index is 0.363. The SMILES string of the molecule is CC(C)OCCCNCCN(C)CC1CCCC1. The Morgan fingerprint density at radius 1 is 1.22 bits per heavy atom. The van der Waals surface area contributed by atoms with Crippen molar-refractivity contribution in [1.82, 2.24) is 10.2 Å². The summed E-state index contributed by atoms with van der Waals surface area (Å²) in [6, 6.07) is 0. The molecule has 0 amide bonds. The largest absolute Gasteiger partial charge is 0.379 e. The van der Waals surface area contributed by atoms with E-state index in [1.54, 1.807) is 0 Å². The van der Waals surface area contributed by atoms with E-state index < -0.39 is 0 Å². The van der Waals surface area contributed by atoms with Gasteiger partial charge in [-0.05, 0) is 52.6 Å². The lowest BCUT2D eigenvalue weighted by molar-refractivity contribution is 0.0770. The molecule has 3 heteroatoms. The third-order valence-electron chi connectivity index (χ3n) is 3.66. The van der Waals surface area contributed by atoms with Gasteiger partial charge in [0.15, 0.2) is 0 Å². The van der Waals surface area contributed by atoms with Crippen molar-refractivity contribution in [3.05, 3.63) is 0 Å². The summed E-state index contributed by atoms with van der Waals surface area (Å²) in [5.41, 5.74) is 0. The molecule has 1 aliphatic carbocycles. The van der Waals surface area contributed by atoms with Crippen LogP contribution in [0.15, 0.2) is 0 Å². The van der Waals surface area contributed by atoms with Crippen LogP contribution >= 0.6 is 0 Å². The zero-order valence-corrected chi connectivity index (χ0v) is 12.6. The molecule has 1 aliphatic rings. The lowest BCUT2D eigenvalue weighted by Gasteiger charge is -2.20. The summed E-state index contributed by atoms with van der Waals surface area (Å²) in [7, 11) is 2.25. The van der Waals surface area contributed by atoms with E-state index in [4.69, 9.17) is 4.74 Å². The van der Waals surface area contributed by atoms with Crippen molar-refractivity contribution in [2.45, 2.75) is 52.1 Å². The van der Waals surface area contributed by atoms with E-state index in [1.165, 1.54) is 38.8 Å². The maximum atomic E-state index is 5.51. The Labute approximate surface area is 113 Å². The van der Waals surface area contributed by atoms with Gasteiger partial charge in [0, 0.05) is 26.2 Å². The Kier molecular flexibility index (Phi) is 8.64. The average molecular weight is 256 g/mol. The molecule has 1 fully saturated rings. The first-order valence-corrected chi connectivity index (χ1v) is 7.69. The number of rotatable bonds is 10. The van der Waals surface area contributed by atoms with Gasteiger partial charge in [0.05, 0.1) is 6.10 Å². The summed E-state index contributed by atoms with van der Waals surface area (Å²) in [4.78, 5) is 2.48. The predicted molar refractivity (Wildman–Crippen MR) is 78.0 cm³/mol. The van der Waals surface area contributed by atoms with Gasteiger partial charge >= 0.3 is 0 Å². The molecule has 0 bridgehead atoms. The van der Waals surface area contributed by atoms with Crippen LogP contribution < -0.4 is 5.32 Å². The molecule has 0 saturated heterocycles. The molecule has 0 unspecified atom stereocenters. The highest BCUT2D eigenvalue weighted by Crippen LogP contribution is 2.24. The van der Waals surface area contributed by atoms with Crippen LogP contribution in [-0.4, -0.2) is 50.8 Å². The minimum absolute atomic E-state index is 0.363. The van der Waals surface area contributed by atoms with Crippen LogP contribution in [0.5, 0.6) is 0 Å². The summed E-state index contributed by atoms with van der Waals surface area (Å²) in [6.07, 6.45) is 7.28. The van der Waals surface area contributed by atoms with Gasteiger partial charge in [-0.1, -0.05) is 12.8 Å². The lowest BCUT2D eigenvalue weighted by atomic mass is 10.1. The molecule has 0 aliphatic heterocycles. The maximum absolute atomic E-state index is 5.51.